The summed E-state index contributed by atoms with van der Waals surface area (Å²) < 4.78 is 21.6. The molecule has 1 fully saturated rings. The van der Waals surface area contributed by atoms with Gasteiger partial charge in [-0.3, -0.25) is 19.2 Å². The number of amides is 4. The lowest BCUT2D eigenvalue weighted by molar-refractivity contribution is -0.132. The van der Waals surface area contributed by atoms with Crippen molar-refractivity contribution in [1.29, 1.82) is 0 Å². The summed E-state index contributed by atoms with van der Waals surface area (Å²) in [5, 5.41) is 5.84. The monoisotopic (exact) mass is 489 g/mol. The molecule has 4 amide bonds. The fourth-order valence-corrected chi connectivity index (χ4v) is 4.55. The fraction of sp³-hybridized carbons (Fsp3) is 0.500. The van der Waals surface area contributed by atoms with E-state index in [0.717, 1.165) is 6.42 Å². The Morgan fingerprint density at radius 2 is 2.03 bits per heavy atom. The van der Waals surface area contributed by atoms with Crippen LogP contribution in [0.25, 0.3) is 10.9 Å². The Morgan fingerprint density at radius 1 is 1.31 bits per heavy atom. The first-order valence-electron chi connectivity index (χ1n) is 11.5. The van der Waals surface area contributed by atoms with Gasteiger partial charge in [-0.25, -0.2) is 4.39 Å². The predicted octanol–water partition coefficient (Wildman–Crippen LogP) is 1.31. The fourth-order valence-electron chi connectivity index (χ4n) is 4.55. The third-order valence-corrected chi connectivity index (χ3v) is 6.19. The normalized spacial score (nSPS) is 17.9. The van der Waals surface area contributed by atoms with Crippen molar-refractivity contribution in [2.75, 3.05) is 13.7 Å². The Kier molecular flexibility index (Phi) is 7.67. The van der Waals surface area contributed by atoms with E-state index < -0.39 is 41.4 Å². The highest BCUT2D eigenvalue weighted by Gasteiger charge is 2.36. The van der Waals surface area contributed by atoms with Gasteiger partial charge in [0.25, 0.3) is 5.91 Å². The summed E-state index contributed by atoms with van der Waals surface area (Å²) >= 11 is 0. The molecule has 1 aliphatic rings. The maximum atomic E-state index is 14.9. The molecule has 11 heteroatoms. The number of halogens is 1. The van der Waals surface area contributed by atoms with Crippen molar-refractivity contribution >= 4 is 34.5 Å². The number of piperidine rings is 1. The molecule has 10 nitrogen and oxygen atoms in total. The molecule has 0 radical (unpaired) electrons. The van der Waals surface area contributed by atoms with Crippen molar-refractivity contribution in [3.63, 3.8) is 0 Å². The zero-order valence-corrected chi connectivity index (χ0v) is 20.1. The molecule has 3 atom stereocenters. The molecular formula is C24H32FN5O5. The van der Waals surface area contributed by atoms with Crippen LogP contribution >= 0.6 is 0 Å². The van der Waals surface area contributed by atoms with Gasteiger partial charge >= 0.3 is 0 Å². The van der Waals surface area contributed by atoms with Gasteiger partial charge in [0.1, 0.15) is 29.2 Å². The zero-order valence-electron chi connectivity index (χ0n) is 20.1. The number of aromatic nitrogens is 1. The summed E-state index contributed by atoms with van der Waals surface area (Å²) in [4.78, 5) is 50.2. The van der Waals surface area contributed by atoms with Gasteiger partial charge in [0.15, 0.2) is 0 Å². The van der Waals surface area contributed by atoms with Crippen molar-refractivity contribution < 1.29 is 28.3 Å². The summed E-state index contributed by atoms with van der Waals surface area (Å²) in [6, 6.07) is 4.10. The average molecular weight is 490 g/mol. The molecule has 2 aromatic rings. The molecule has 190 valence electrons. The van der Waals surface area contributed by atoms with Gasteiger partial charge in [-0.15, -0.1) is 0 Å². The van der Waals surface area contributed by atoms with Gasteiger partial charge < -0.3 is 31.4 Å². The lowest BCUT2D eigenvalue weighted by Crippen LogP contribution is -2.50. The van der Waals surface area contributed by atoms with Crippen LogP contribution in [0.2, 0.25) is 0 Å². The lowest BCUT2D eigenvalue weighted by atomic mass is 9.91. The maximum Gasteiger partial charge on any atom is 0.265 e. The van der Waals surface area contributed by atoms with Crippen molar-refractivity contribution in [3.05, 3.63) is 30.0 Å². The van der Waals surface area contributed by atoms with E-state index in [2.05, 4.69) is 10.6 Å². The number of ether oxygens (including phenoxy) is 1. The van der Waals surface area contributed by atoms with E-state index in [1.54, 1.807) is 18.2 Å². The zero-order chi connectivity index (χ0) is 25.9. The Labute approximate surface area is 202 Å². The van der Waals surface area contributed by atoms with Gasteiger partial charge in [-0.2, -0.15) is 0 Å². The van der Waals surface area contributed by atoms with Crippen molar-refractivity contribution in [2.45, 2.75) is 57.3 Å². The standard InChI is InChI=1S/C24H32FN5O5/c1-24(2,25)12-18(23(34)29-15(20(26)31)10-13-6-5-9-28-22(13)33)30-16-7-4-8-19(35-3)14(16)11-17(30)21(27)32/h4,7-8,11,13,15,18H,5-6,9-10,12H2,1-3H3,(H2,26,31)(H2,27,32)(H,28,33)(H,29,34)/t13-,15-,18-/m0/s1. The lowest BCUT2D eigenvalue weighted by Gasteiger charge is -2.29. The average Bonchev–Trinajstić information content (AvgIpc) is 3.17. The second-order valence-electron chi connectivity index (χ2n) is 9.42. The number of hydrogen-bond acceptors (Lipinski definition) is 5. The maximum absolute atomic E-state index is 14.9. The summed E-state index contributed by atoms with van der Waals surface area (Å²) in [6.45, 7) is 3.17. The molecule has 0 bridgehead atoms. The van der Waals surface area contributed by atoms with Crippen LogP contribution in [0.1, 0.15) is 56.1 Å². The highest BCUT2D eigenvalue weighted by Crippen LogP contribution is 2.35. The number of alkyl halides is 1. The number of fused-ring (bicyclic) bond motifs is 1. The number of nitrogens with one attached hydrogen (secondary N) is 2. The third-order valence-electron chi connectivity index (χ3n) is 6.19. The molecule has 0 saturated carbocycles. The number of carbonyl (C=O) groups excluding carboxylic acids is 4. The molecule has 1 aromatic carbocycles. The van der Waals surface area contributed by atoms with Gasteiger partial charge in [0.2, 0.25) is 17.7 Å². The van der Waals surface area contributed by atoms with E-state index >= 15 is 0 Å². The Morgan fingerprint density at radius 3 is 2.60 bits per heavy atom. The highest BCUT2D eigenvalue weighted by molar-refractivity contribution is 6.01. The second kappa shape index (κ2) is 10.3. The van der Waals surface area contributed by atoms with Crippen LogP contribution in [-0.4, -0.2) is 53.6 Å². The van der Waals surface area contributed by atoms with E-state index in [1.807, 2.05) is 0 Å². The molecule has 6 N–H and O–H groups in total. The first-order chi connectivity index (χ1) is 16.4. The van der Waals surface area contributed by atoms with E-state index in [0.29, 0.717) is 29.6 Å². The number of benzene rings is 1. The summed E-state index contributed by atoms with van der Waals surface area (Å²) in [6.07, 6.45) is 0.991. The van der Waals surface area contributed by atoms with Crippen LogP contribution in [0.3, 0.4) is 0 Å². The van der Waals surface area contributed by atoms with Gasteiger partial charge in [0, 0.05) is 24.3 Å². The third kappa shape index (κ3) is 5.90. The number of nitrogens with zero attached hydrogens (tertiary/aromatic N) is 1. The number of rotatable bonds is 10. The number of hydrogen-bond donors (Lipinski definition) is 4. The molecular weight excluding hydrogens is 457 g/mol. The molecule has 1 saturated heterocycles. The molecule has 3 rings (SSSR count). The number of carbonyl (C=O) groups is 4. The van der Waals surface area contributed by atoms with Gasteiger partial charge in [0.05, 0.1) is 12.6 Å². The van der Waals surface area contributed by atoms with E-state index in [9.17, 15) is 23.6 Å². The van der Waals surface area contributed by atoms with Crippen LogP contribution in [0.15, 0.2) is 24.3 Å². The number of methoxy groups -OCH3 is 1. The molecule has 2 heterocycles. The van der Waals surface area contributed by atoms with Crippen molar-refractivity contribution in [2.24, 2.45) is 17.4 Å². The van der Waals surface area contributed by atoms with Crippen molar-refractivity contribution in [1.82, 2.24) is 15.2 Å². The highest BCUT2D eigenvalue weighted by atomic mass is 19.1. The smallest absolute Gasteiger partial charge is 0.265 e. The molecule has 1 aliphatic heterocycles. The van der Waals surface area contributed by atoms with E-state index in [4.69, 9.17) is 16.2 Å². The van der Waals surface area contributed by atoms with Crippen LogP contribution in [-0.2, 0) is 14.4 Å². The summed E-state index contributed by atoms with van der Waals surface area (Å²) in [7, 11) is 1.46. The summed E-state index contributed by atoms with van der Waals surface area (Å²) in [5.41, 5.74) is 9.75. The van der Waals surface area contributed by atoms with E-state index in [1.165, 1.54) is 31.6 Å². The SMILES string of the molecule is COc1cccc2c1cc(C(N)=O)n2[C@@H](CC(C)(C)F)C(=O)N[C@@H](C[C@@H]1CCCNC1=O)C(N)=O. The Hall–Kier alpha value is -3.63. The van der Waals surface area contributed by atoms with Crippen molar-refractivity contribution in [3.8, 4) is 5.75 Å². The van der Waals surface area contributed by atoms with E-state index in [-0.39, 0.29) is 24.4 Å². The molecule has 35 heavy (non-hydrogen) atoms. The second-order valence-corrected chi connectivity index (χ2v) is 9.42. The first-order valence-corrected chi connectivity index (χ1v) is 11.5. The molecule has 0 aliphatic carbocycles. The van der Waals surface area contributed by atoms with Crippen LogP contribution < -0.4 is 26.8 Å². The summed E-state index contributed by atoms with van der Waals surface area (Å²) in [5.74, 6) is -2.61. The predicted molar refractivity (Wildman–Crippen MR) is 127 cm³/mol. The Bertz CT molecular complexity index is 1140. The molecule has 0 spiro atoms. The molecule has 0 unspecified atom stereocenters. The largest absolute Gasteiger partial charge is 0.496 e. The van der Waals surface area contributed by atoms with Crippen LogP contribution in [0.5, 0.6) is 5.75 Å². The molecule has 1 aromatic heterocycles. The minimum atomic E-state index is -1.82. The number of primary amides is 2. The minimum absolute atomic E-state index is 0.0154. The quantitative estimate of drug-likeness (QED) is 0.396. The van der Waals surface area contributed by atoms with Gasteiger partial charge in [-0.1, -0.05) is 6.07 Å². The Balaban J connectivity index is 2.03. The van der Waals surface area contributed by atoms with Crippen LogP contribution in [0.4, 0.5) is 4.39 Å². The van der Waals surface area contributed by atoms with Crippen LogP contribution in [0, 0.1) is 5.92 Å². The number of nitrogens with two attached hydrogens (primary N) is 2. The minimum Gasteiger partial charge on any atom is -0.496 e. The first kappa shape index (κ1) is 26.0. The topological polar surface area (TPSA) is 159 Å². The van der Waals surface area contributed by atoms with Gasteiger partial charge in [-0.05, 0) is 51.3 Å².